The van der Waals surface area contributed by atoms with Crippen LogP contribution in [-0.2, 0) is 11.2 Å². The highest BCUT2D eigenvalue weighted by molar-refractivity contribution is 7.99. The number of benzene rings is 3. The molecule has 2 N–H and O–H groups in total. The number of piperidine rings is 1. The molecule has 0 saturated carbocycles. The van der Waals surface area contributed by atoms with Crippen molar-refractivity contribution in [3.8, 4) is 0 Å². The Morgan fingerprint density at radius 1 is 0.974 bits per heavy atom. The average molecular weight is 566 g/mol. The smallest absolute Gasteiger partial charge is 0.326 e. The van der Waals surface area contributed by atoms with Crippen LogP contribution in [0.1, 0.15) is 31.2 Å². The van der Waals surface area contributed by atoms with Gasteiger partial charge in [0.1, 0.15) is 0 Å². The van der Waals surface area contributed by atoms with Gasteiger partial charge in [-0.1, -0.05) is 41.9 Å². The fourth-order valence-corrected chi connectivity index (χ4v) is 5.82. The van der Waals surface area contributed by atoms with E-state index in [4.69, 9.17) is 16.7 Å². The van der Waals surface area contributed by atoms with Crippen LogP contribution in [0.15, 0.2) is 83.8 Å². The van der Waals surface area contributed by atoms with E-state index in [1.54, 1.807) is 23.9 Å². The Hall–Kier alpha value is -3.00. The minimum absolute atomic E-state index is 0.145. The van der Waals surface area contributed by atoms with E-state index in [0.717, 1.165) is 48.7 Å². The highest BCUT2D eigenvalue weighted by atomic mass is 35.5. The van der Waals surface area contributed by atoms with Gasteiger partial charge in [-0.2, -0.15) is 0 Å². The van der Waals surface area contributed by atoms with Crippen LogP contribution in [0.3, 0.4) is 0 Å². The molecule has 8 heteroatoms. The number of likely N-dealkylation sites (tertiary alicyclic amines) is 1. The first-order chi connectivity index (χ1) is 19.0. The van der Waals surface area contributed by atoms with Crippen LogP contribution in [0, 0.1) is 5.92 Å². The predicted octanol–water partition coefficient (Wildman–Crippen LogP) is 7.29. The lowest BCUT2D eigenvalue weighted by atomic mass is 9.90. The summed E-state index contributed by atoms with van der Waals surface area (Å²) >= 11 is 7.58. The Kier molecular flexibility index (Phi) is 11.1. The van der Waals surface area contributed by atoms with Crippen LogP contribution in [0.25, 0.3) is 0 Å². The van der Waals surface area contributed by atoms with E-state index < -0.39 is 5.97 Å². The summed E-state index contributed by atoms with van der Waals surface area (Å²) < 4.78 is 0. The molecular formula is C31H36ClN3O3S. The molecule has 1 aliphatic heterocycles. The number of carboxylic acid groups (broad SMARTS) is 1. The maximum atomic E-state index is 13.1. The van der Waals surface area contributed by atoms with Gasteiger partial charge in [0, 0.05) is 33.6 Å². The summed E-state index contributed by atoms with van der Waals surface area (Å²) in [5, 5.41) is 12.4. The number of anilines is 2. The number of urea groups is 1. The average Bonchev–Trinajstić information content (AvgIpc) is 2.94. The lowest BCUT2D eigenvalue weighted by molar-refractivity contribution is -0.136. The largest absolute Gasteiger partial charge is 0.481 e. The van der Waals surface area contributed by atoms with Crippen LogP contribution < -0.4 is 10.2 Å². The number of hydrogen-bond donors (Lipinski definition) is 2. The molecule has 4 rings (SSSR count). The fraction of sp³-hybridized carbons (Fsp3) is 0.355. The van der Waals surface area contributed by atoms with E-state index in [1.165, 1.54) is 18.4 Å². The zero-order valence-electron chi connectivity index (χ0n) is 22.1. The van der Waals surface area contributed by atoms with E-state index in [2.05, 4.69) is 34.5 Å². The number of nitrogens with one attached hydrogen (secondary N) is 1. The SMILES string of the molecule is O=C(O)CCSc1ccc(CC2CCN(CCCN(C(=O)Nc3ccc(Cl)cc3)c3ccccc3)CC2)cc1. The Morgan fingerprint density at radius 3 is 2.33 bits per heavy atom. The molecule has 0 spiro atoms. The molecule has 0 bridgehead atoms. The van der Waals surface area contributed by atoms with E-state index in [1.807, 2.05) is 47.4 Å². The number of carboxylic acids is 1. The monoisotopic (exact) mass is 565 g/mol. The van der Waals surface area contributed by atoms with Crippen molar-refractivity contribution in [3.05, 3.63) is 89.4 Å². The van der Waals surface area contributed by atoms with Gasteiger partial charge in [0.05, 0.1) is 6.42 Å². The second kappa shape index (κ2) is 15.0. The van der Waals surface area contributed by atoms with Gasteiger partial charge < -0.3 is 15.3 Å². The number of aliphatic carboxylic acids is 1. The summed E-state index contributed by atoms with van der Waals surface area (Å²) in [6, 6.07) is 25.4. The van der Waals surface area contributed by atoms with E-state index >= 15 is 0 Å². The fourth-order valence-electron chi connectivity index (χ4n) is 4.86. The van der Waals surface area contributed by atoms with Crippen LogP contribution in [0.2, 0.25) is 5.02 Å². The number of halogens is 1. The second-order valence-electron chi connectivity index (χ2n) is 9.90. The summed E-state index contributed by atoms with van der Waals surface area (Å²) in [6.45, 7) is 3.76. The summed E-state index contributed by atoms with van der Waals surface area (Å²) in [4.78, 5) is 29.3. The highest BCUT2D eigenvalue weighted by Crippen LogP contribution is 2.25. The second-order valence-corrected chi connectivity index (χ2v) is 11.5. The Morgan fingerprint density at radius 2 is 1.67 bits per heavy atom. The summed E-state index contributed by atoms with van der Waals surface area (Å²) in [7, 11) is 0. The number of carbonyl (C=O) groups is 2. The van der Waals surface area contributed by atoms with Gasteiger partial charge >= 0.3 is 12.0 Å². The number of carbonyl (C=O) groups excluding carboxylic acids is 1. The maximum Gasteiger partial charge on any atom is 0.326 e. The lowest BCUT2D eigenvalue weighted by Crippen LogP contribution is -2.39. The van der Waals surface area contributed by atoms with Crippen LogP contribution in [0.4, 0.5) is 16.2 Å². The molecule has 1 heterocycles. The summed E-state index contributed by atoms with van der Waals surface area (Å²) in [5.74, 6) is 0.528. The summed E-state index contributed by atoms with van der Waals surface area (Å²) in [5.41, 5.74) is 2.95. The number of amides is 2. The van der Waals surface area contributed by atoms with Gasteiger partial charge in [0.25, 0.3) is 0 Å². The molecule has 3 aromatic carbocycles. The molecule has 0 atom stereocenters. The first kappa shape index (κ1) is 29.0. The molecule has 1 aliphatic rings. The Balaban J connectivity index is 1.21. The molecule has 6 nitrogen and oxygen atoms in total. The maximum absolute atomic E-state index is 13.1. The molecule has 39 heavy (non-hydrogen) atoms. The first-order valence-corrected chi connectivity index (χ1v) is 14.9. The minimum atomic E-state index is -0.751. The zero-order valence-corrected chi connectivity index (χ0v) is 23.7. The zero-order chi connectivity index (χ0) is 27.5. The highest BCUT2D eigenvalue weighted by Gasteiger charge is 2.21. The van der Waals surface area contributed by atoms with Gasteiger partial charge in [-0.25, -0.2) is 4.79 Å². The Bertz CT molecular complexity index is 1180. The van der Waals surface area contributed by atoms with Gasteiger partial charge in [0.15, 0.2) is 0 Å². The molecule has 0 aliphatic carbocycles. The van der Waals surface area contributed by atoms with E-state index in [-0.39, 0.29) is 12.5 Å². The Labute approximate surface area is 240 Å². The van der Waals surface area contributed by atoms with E-state index in [0.29, 0.717) is 23.2 Å². The normalized spacial score (nSPS) is 14.2. The number of para-hydroxylation sites is 1. The van der Waals surface area contributed by atoms with Gasteiger partial charge in [-0.05, 0) is 105 Å². The van der Waals surface area contributed by atoms with Crippen molar-refractivity contribution in [1.82, 2.24) is 4.90 Å². The van der Waals surface area contributed by atoms with Crippen molar-refractivity contribution in [2.75, 3.05) is 42.1 Å². The number of nitrogens with zero attached hydrogens (tertiary/aromatic N) is 2. The molecule has 1 saturated heterocycles. The van der Waals surface area contributed by atoms with Crippen molar-refractivity contribution >= 4 is 46.7 Å². The molecule has 0 unspecified atom stereocenters. The quantitative estimate of drug-likeness (QED) is 0.226. The third-order valence-corrected chi connectivity index (χ3v) is 8.27. The van der Waals surface area contributed by atoms with Crippen LogP contribution >= 0.6 is 23.4 Å². The number of thioether (sulfide) groups is 1. The van der Waals surface area contributed by atoms with Crippen molar-refractivity contribution < 1.29 is 14.7 Å². The van der Waals surface area contributed by atoms with Crippen LogP contribution in [-0.4, -0.2) is 53.9 Å². The summed E-state index contributed by atoms with van der Waals surface area (Å²) in [6.07, 6.45) is 4.52. The van der Waals surface area contributed by atoms with Gasteiger partial charge in [-0.3, -0.25) is 9.69 Å². The minimum Gasteiger partial charge on any atom is -0.481 e. The van der Waals surface area contributed by atoms with Crippen molar-refractivity contribution in [3.63, 3.8) is 0 Å². The number of hydrogen-bond acceptors (Lipinski definition) is 4. The van der Waals surface area contributed by atoms with Gasteiger partial charge in [0.2, 0.25) is 0 Å². The standard InChI is InChI=1S/C31H36ClN3O3S/c32-26-9-11-27(12-10-26)33-31(38)35(28-5-2-1-3-6-28)19-4-18-34-20-15-25(16-21-34)23-24-7-13-29(14-8-24)39-22-17-30(36)37/h1-3,5-14,25H,4,15-23H2,(H,33,38)(H,36,37). The molecule has 0 radical (unpaired) electrons. The number of rotatable bonds is 12. The van der Waals surface area contributed by atoms with Gasteiger partial charge in [-0.15, -0.1) is 11.8 Å². The molecule has 3 aromatic rings. The van der Waals surface area contributed by atoms with Crippen molar-refractivity contribution in [1.29, 1.82) is 0 Å². The molecule has 0 aromatic heterocycles. The third-order valence-electron chi connectivity index (χ3n) is 7.00. The topological polar surface area (TPSA) is 72.9 Å². The predicted molar refractivity (Wildman–Crippen MR) is 161 cm³/mol. The molecular weight excluding hydrogens is 530 g/mol. The lowest BCUT2D eigenvalue weighted by Gasteiger charge is -2.32. The molecule has 206 valence electrons. The van der Waals surface area contributed by atoms with Crippen molar-refractivity contribution in [2.24, 2.45) is 5.92 Å². The third kappa shape index (κ3) is 9.60. The molecule has 1 fully saturated rings. The van der Waals surface area contributed by atoms with E-state index in [9.17, 15) is 9.59 Å². The van der Waals surface area contributed by atoms with Crippen molar-refractivity contribution in [2.45, 2.75) is 37.0 Å². The van der Waals surface area contributed by atoms with Crippen LogP contribution in [0.5, 0.6) is 0 Å². The molecule has 2 amide bonds. The first-order valence-electron chi connectivity index (χ1n) is 13.5.